The Kier molecular flexibility index (Phi) is 3.44. The smallest absolute Gasteiger partial charge is 0.124 e. The normalized spacial score (nSPS) is 12.0. The van der Waals surface area contributed by atoms with E-state index in [4.69, 9.17) is 0 Å². The topological polar surface area (TPSA) is 32.6 Å². The minimum Gasteiger partial charge on any atom is -0.507 e. The maximum absolute atomic E-state index is 10.0. The second kappa shape index (κ2) is 5.82. The summed E-state index contributed by atoms with van der Waals surface area (Å²) in [6.07, 6.45) is 1.71. The Balaban J connectivity index is 1.76. The Morgan fingerprint density at radius 3 is 2.27 bits per heavy atom. The first-order valence-electron chi connectivity index (χ1n) is 8.40. The molecule has 5 rings (SSSR count). The van der Waals surface area contributed by atoms with Crippen LogP contribution in [0.25, 0.3) is 32.3 Å². The highest BCUT2D eigenvalue weighted by Crippen LogP contribution is 2.38. The van der Waals surface area contributed by atoms with Crippen LogP contribution < -0.4 is 0 Å². The molecular formula is C23H14BrNO. The Hall–Kier alpha value is -2.91. The van der Waals surface area contributed by atoms with Crippen molar-refractivity contribution in [2.45, 2.75) is 0 Å². The number of hydrogen-bond acceptors (Lipinski definition) is 2. The van der Waals surface area contributed by atoms with Gasteiger partial charge in [0.25, 0.3) is 0 Å². The number of hydrogen-bond donors (Lipinski definition) is 1. The average Bonchev–Trinajstić information content (AvgIpc) is 2.67. The van der Waals surface area contributed by atoms with Crippen molar-refractivity contribution in [1.29, 1.82) is 0 Å². The van der Waals surface area contributed by atoms with Gasteiger partial charge in [-0.15, -0.1) is 0 Å². The van der Waals surface area contributed by atoms with Gasteiger partial charge in [0.1, 0.15) is 5.75 Å². The largest absolute Gasteiger partial charge is 0.507 e. The quantitative estimate of drug-likeness (QED) is 0.256. The maximum Gasteiger partial charge on any atom is 0.124 e. The van der Waals surface area contributed by atoms with Crippen molar-refractivity contribution in [3.8, 4) is 5.75 Å². The number of aliphatic imine (C=N–C) groups is 1. The first-order chi connectivity index (χ1) is 12.7. The molecule has 0 fully saturated rings. The molecule has 0 heterocycles. The fraction of sp³-hybridized carbons (Fsp3) is 0. The van der Waals surface area contributed by atoms with Crippen molar-refractivity contribution in [2.24, 2.45) is 4.99 Å². The van der Waals surface area contributed by atoms with Gasteiger partial charge in [0.05, 0.1) is 5.69 Å². The van der Waals surface area contributed by atoms with Gasteiger partial charge in [-0.05, 0) is 51.2 Å². The minimum atomic E-state index is 0.217. The van der Waals surface area contributed by atoms with Gasteiger partial charge < -0.3 is 5.11 Å². The van der Waals surface area contributed by atoms with Gasteiger partial charge >= 0.3 is 0 Å². The predicted octanol–water partition coefficient (Wildman–Crippen LogP) is 6.80. The average molecular weight is 400 g/mol. The summed E-state index contributed by atoms with van der Waals surface area (Å²) in [4.78, 5) is 4.68. The second-order valence-corrected chi connectivity index (χ2v) is 7.32. The fourth-order valence-corrected chi connectivity index (χ4v) is 3.98. The molecule has 0 aliphatic heterocycles. The molecule has 0 spiro atoms. The monoisotopic (exact) mass is 399 g/mol. The van der Waals surface area contributed by atoms with E-state index in [9.17, 15) is 5.11 Å². The van der Waals surface area contributed by atoms with Crippen molar-refractivity contribution >= 4 is 60.1 Å². The van der Waals surface area contributed by atoms with Crippen molar-refractivity contribution in [3.05, 3.63) is 82.8 Å². The summed E-state index contributed by atoms with van der Waals surface area (Å²) in [5.41, 5.74) is 1.58. The van der Waals surface area contributed by atoms with E-state index in [1.807, 2.05) is 18.2 Å². The Morgan fingerprint density at radius 1 is 0.769 bits per heavy atom. The predicted molar refractivity (Wildman–Crippen MR) is 113 cm³/mol. The number of nitrogens with zero attached hydrogens (tertiary/aromatic N) is 1. The van der Waals surface area contributed by atoms with Crippen LogP contribution in [0.5, 0.6) is 5.75 Å². The zero-order valence-electron chi connectivity index (χ0n) is 13.8. The third kappa shape index (κ3) is 2.36. The number of halogens is 1. The van der Waals surface area contributed by atoms with Crippen LogP contribution in [0.1, 0.15) is 5.56 Å². The summed E-state index contributed by atoms with van der Waals surface area (Å²) >= 11 is 3.43. The molecule has 2 nitrogen and oxygen atoms in total. The van der Waals surface area contributed by atoms with Crippen LogP contribution in [0.3, 0.4) is 0 Å². The lowest BCUT2D eigenvalue weighted by molar-refractivity contribution is 0.474. The van der Waals surface area contributed by atoms with Crippen LogP contribution in [0.2, 0.25) is 0 Å². The van der Waals surface area contributed by atoms with Crippen molar-refractivity contribution < 1.29 is 5.11 Å². The highest BCUT2D eigenvalue weighted by atomic mass is 79.9. The van der Waals surface area contributed by atoms with Crippen LogP contribution >= 0.6 is 15.9 Å². The second-order valence-electron chi connectivity index (χ2n) is 6.40. The molecule has 0 atom stereocenters. The van der Waals surface area contributed by atoms with E-state index in [1.165, 1.54) is 26.9 Å². The molecule has 1 N–H and O–H groups in total. The van der Waals surface area contributed by atoms with Crippen LogP contribution in [-0.4, -0.2) is 11.3 Å². The molecule has 0 radical (unpaired) electrons. The number of benzene rings is 5. The molecule has 3 heteroatoms. The van der Waals surface area contributed by atoms with Gasteiger partial charge in [-0.3, -0.25) is 4.99 Å². The van der Waals surface area contributed by atoms with Crippen molar-refractivity contribution in [2.75, 3.05) is 0 Å². The molecule has 0 unspecified atom stereocenters. The van der Waals surface area contributed by atoms with Crippen molar-refractivity contribution in [3.63, 3.8) is 0 Å². The number of phenols is 1. The highest BCUT2D eigenvalue weighted by Gasteiger charge is 2.10. The summed E-state index contributed by atoms with van der Waals surface area (Å²) in [6.45, 7) is 0. The Labute approximate surface area is 158 Å². The molecule has 0 amide bonds. The van der Waals surface area contributed by atoms with Crippen LogP contribution in [-0.2, 0) is 0 Å². The van der Waals surface area contributed by atoms with Gasteiger partial charge in [0.15, 0.2) is 0 Å². The first kappa shape index (κ1) is 15.4. The van der Waals surface area contributed by atoms with E-state index >= 15 is 0 Å². The molecular weight excluding hydrogens is 386 g/mol. The molecule has 0 aromatic heterocycles. The number of aromatic hydroxyl groups is 1. The van der Waals surface area contributed by atoms with Gasteiger partial charge in [0.2, 0.25) is 0 Å². The van der Waals surface area contributed by atoms with Crippen LogP contribution in [0.15, 0.2) is 82.3 Å². The first-order valence-corrected chi connectivity index (χ1v) is 9.19. The number of phenolic OH excluding ortho intramolecular Hbond substituents is 1. The third-order valence-corrected chi connectivity index (χ3v) is 5.33. The van der Waals surface area contributed by atoms with E-state index in [2.05, 4.69) is 69.5 Å². The number of rotatable bonds is 2. The van der Waals surface area contributed by atoms with Crippen LogP contribution in [0.4, 0.5) is 5.69 Å². The maximum atomic E-state index is 10.0. The van der Waals surface area contributed by atoms with Gasteiger partial charge in [-0.25, -0.2) is 0 Å². The van der Waals surface area contributed by atoms with Gasteiger partial charge in [-0.2, -0.15) is 0 Å². The zero-order chi connectivity index (χ0) is 17.7. The van der Waals surface area contributed by atoms with E-state index in [0.717, 1.165) is 15.5 Å². The highest BCUT2D eigenvalue weighted by molar-refractivity contribution is 9.10. The molecule has 5 aromatic rings. The molecule has 0 aliphatic carbocycles. The van der Waals surface area contributed by atoms with E-state index < -0.39 is 0 Å². The molecule has 26 heavy (non-hydrogen) atoms. The lowest BCUT2D eigenvalue weighted by Crippen LogP contribution is -1.85. The molecule has 5 aromatic carbocycles. The summed E-state index contributed by atoms with van der Waals surface area (Å²) < 4.78 is 0.909. The Morgan fingerprint density at radius 2 is 1.46 bits per heavy atom. The van der Waals surface area contributed by atoms with Crippen molar-refractivity contribution in [1.82, 2.24) is 0 Å². The zero-order valence-corrected chi connectivity index (χ0v) is 15.4. The summed E-state index contributed by atoms with van der Waals surface area (Å²) in [6, 6.07) is 24.5. The van der Waals surface area contributed by atoms with E-state index in [0.29, 0.717) is 5.56 Å². The summed E-state index contributed by atoms with van der Waals surface area (Å²) in [5.74, 6) is 0.217. The van der Waals surface area contributed by atoms with Crippen LogP contribution in [0, 0.1) is 0 Å². The summed E-state index contributed by atoms with van der Waals surface area (Å²) in [5, 5.41) is 17.4. The molecule has 0 saturated heterocycles. The lowest BCUT2D eigenvalue weighted by Gasteiger charge is -2.12. The third-order valence-electron chi connectivity index (χ3n) is 4.84. The Bertz CT molecular complexity index is 1290. The van der Waals surface area contributed by atoms with E-state index in [1.54, 1.807) is 12.3 Å². The van der Waals surface area contributed by atoms with Gasteiger partial charge in [-0.1, -0.05) is 64.5 Å². The molecule has 0 aliphatic rings. The molecule has 0 saturated carbocycles. The molecule has 0 bridgehead atoms. The van der Waals surface area contributed by atoms with Gasteiger partial charge in [0, 0.05) is 21.6 Å². The standard InChI is InChI=1S/C23H14BrNO/c24-18-8-11-21(26)17(12-18)13-25-20-10-7-16-5-4-14-2-1-3-15-6-9-19(20)23(16)22(14)15/h1-13,26H. The molecule has 124 valence electrons. The summed E-state index contributed by atoms with van der Waals surface area (Å²) in [7, 11) is 0. The lowest BCUT2D eigenvalue weighted by atomic mass is 9.93. The SMILES string of the molecule is Oc1ccc(Br)cc1C=Nc1ccc2ccc3cccc4ccc1c2c34. The van der Waals surface area contributed by atoms with E-state index in [-0.39, 0.29) is 5.75 Å². The fourth-order valence-electron chi connectivity index (χ4n) is 3.60. The minimum absolute atomic E-state index is 0.217.